The van der Waals surface area contributed by atoms with Crippen LogP contribution in [0.3, 0.4) is 0 Å². The molecule has 0 amide bonds. The molecule has 0 bridgehead atoms. The number of aliphatic hydroxyl groups excluding tert-OH is 3. The van der Waals surface area contributed by atoms with E-state index >= 15 is 0 Å². The van der Waals surface area contributed by atoms with E-state index < -0.39 is 0 Å². The van der Waals surface area contributed by atoms with Crippen molar-refractivity contribution in [2.75, 3.05) is 39.6 Å². The molecule has 0 saturated carbocycles. The largest absolute Gasteiger partial charge is 0.466 e. The highest BCUT2D eigenvalue weighted by Gasteiger charge is 2.26. The average Bonchev–Trinajstić information content (AvgIpc) is 2.69. The second kappa shape index (κ2) is 17.2. The average molecular weight is 420 g/mol. The van der Waals surface area contributed by atoms with Gasteiger partial charge in [0.1, 0.15) is 0 Å². The van der Waals surface area contributed by atoms with E-state index in [1.54, 1.807) is 0 Å². The van der Waals surface area contributed by atoms with Gasteiger partial charge in [0.05, 0.1) is 19.8 Å². The van der Waals surface area contributed by atoms with E-state index in [-0.39, 0.29) is 82.2 Å². The predicted molar refractivity (Wildman–Crippen MR) is 104 cm³/mol. The molecule has 0 saturated heterocycles. The zero-order valence-corrected chi connectivity index (χ0v) is 17.4. The molecule has 0 aliphatic rings. The fourth-order valence-electron chi connectivity index (χ4n) is 2.50. The smallest absolute Gasteiger partial charge is 0.305 e. The summed E-state index contributed by atoms with van der Waals surface area (Å²) in [5.74, 6) is -1.15. The summed E-state index contributed by atoms with van der Waals surface area (Å²) in [4.78, 5) is 34.7. The molecule has 0 heterocycles. The Bertz CT molecular complexity index is 400. The van der Waals surface area contributed by atoms with E-state index in [9.17, 15) is 14.4 Å². The molecule has 170 valence electrons. The van der Waals surface area contributed by atoms with Gasteiger partial charge < -0.3 is 29.5 Å². The Morgan fingerprint density at radius 1 is 0.621 bits per heavy atom. The number of ether oxygens (including phenoxy) is 3. The molecule has 0 rings (SSSR count). The van der Waals surface area contributed by atoms with Crippen molar-refractivity contribution >= 4 is 17.9 Å². The summed E-state index contributed by atoms with van der Waals surface area (Å²) in [6, 6.07) is 0. The van der Waals surface area contributed by atoms with Crippen LogP contribution >= 0.6 is 0 Å². The van der Waals surface area contributed by atoms with E-state index in [1.165, 1.54) is 0 Å². The Labute approximate surface area is 172 Å². The normalized spacial score (nSPS) is 11.2. The van der Waals surface area contributed by atoms with Crippen molar-refractivity contribution in [1.29, 1.82) is 0 Å². The molecular formula is C20H36O9. The first-order valence-electron chi connectivity index (χ1n) is 10.2. The Balaban J connectivity index is 4.48. The highest BCUT2D eigenvalue weighted by Crippen LogP contribution is 2.30. The summed E-state index contributed by atoms with van der Waals surface area (Å²) >= 11 is 0. The SMILES string of the molecule is CC(CCOC(=O)CCCO)(CCOC(=O)CCCO)CCOC(=O)CCCO. The summed E-state index contributed by atoms with van der Waals surface area (Å²) in [5.41, 5.74) is -0.383. The van der Waals surface area contributed by atoms with Crippen LogP contribution in [-0.4, -0.2) is 72.9 Å². The Hall–Kier alpha value is -1.71. The molecule has 0 atom stereocenters. The van der Waals surface area contributed by atoms with Crippen molar-refractivity contribution in [2.24, 2.45) is 5.41 Å². The summed E-state index contributed by atoms with van der Waals surface area (Å²) in [5, 5.41) is 26.2. The number of esters is 3. The number of hydrogen-bond donors (Lipinski definition) is 3. The maximum atomic E-state index is 11.6. The molecule has 0 aromatic heterocycles. The zero-order chi connectivity index (χ0) is 22.0. The third kappa shape index (κ3) is 15.8. The Kier molecular flexibility index (Phi) is 16.2. The highest BCUT2D eigenvalue weighted by molar-refractivity contribution is 5.69. The predicted octanol–water partition coefficient (Wildman–Crippen LogP) is 1.11. The van der Waals surface area contributed by atoms with Crippen molar-refractivity contribution in [3.05, 3.63) is 0 Å². The van der Waals surface area contributed by atoms with Crippen LogP contribution in [-0.2, 0) is 28.6 Å². The standard InChI is InChI=1S/C20H36O9/c1-20(8-14-27-17(24)5-2-11-21,9-15-28-18(25)6-3-12-22)10-16-29-19(26)7-4-13-23/h21-23H,2-16H2,1H3. The molecule has 0 aromatic carbocycles. The van der Waals surface area contributed by atoms with Crippen LogP contribution in [0.2, 0.25) is 0 Å². The van der Waals surface area contributed by atoms with Crippen LogP contribution in [0.4, 0.5) is 0 Å². The number of aliphatic hydroxyl groups is 3. The molecule has 0 spiro atoms. The molecule has 9 heteroatoms. The Morgan fingerprint density at radius 3 is 1.14 bits per heavy atom. The minimum absolute atomic E-state index is 0.0733. The maximum Gasteiger partial charge on any atom is 0.305 e. The van der Waals surface area contributed by atoms with Crippen molar-refractivity contribution in [3.63, 3.8) is 0 Å². The van der Waals surface area contributed by atoms with Gasteiger partial charge in [-0.15, -0.1) is 0 Å². The summed E-state index contributed by atoms with van der Waals surface area (Å²) in [6.45, 7) is 2.26. The van der Waals surface area contributed by atoms with E-state index in [1.807, 2.05) is 6.92 Å². The molecule has 3 N–H and O–H groups in total. The minimum Gasteiger partial charge on any atom is -0.466 e. The summed E-state index contributed by atoms with van der Waals surface area (Å²) in [6.07, 6.45) is 3.01. The molecule has 0 fully saturated rings. The van der Waals surface area contributed by atoms with Crippen molar-refractivity contribution in [1.82, 2.24) is 0 Å². The van der Waals surface area contributed by atoms with Crippen LogP contribution in [0.25, 0.3) is 0 Å². The quantitative estimate of drug-likeness (QED) is 0.220. The van der Waals surface area contributed by atoms with Gasteiger partial charge in [-0.25, -0.2) is 0 Å². The number of hydrogen-bond acceptors (Lipinski definition) is 9. The fourth-order valence-corrected chi connectivity index (χ4v) is 2.50. The van der Waals surface area contributed by atoms with E-state index in [0.717, 1.165) is 0 Å². The third-order valence-corrected chi connectivity index (χ3v) is 4.52. The minimum atomic E-state index is -0.383. The van der Waals surface area contributed by atoms with Crippen LogP contribution in [0.5, 0.6) is 0 Å². The van der Waals surface area contributed by atoms with Gasteiger partial charge in [-0.2, -0.15) is 0 Å². The van der Waals surface area contributed by atoms with Gasteiger partial charge in [0.25, 0.3) is 0 Å². The molecule has 29 heavy (non-hydrogen) atoms. The van der Waals surface area contributed by atoms with Gasteiger partial charge in [0.15, 0.2) is 0 Å². The fraction of sp³-hybridized carbons (Fsp3) is 0.850. The van der Waals surface area contributed by atoms with Gasteiger partial charge in [-0.1, -0.05) is 6.92 Å². The lowest BCUT2D eigenvalue weighted by molar-refractivity contribution is -0.145. The zero-order valence-electron chi connectivity index (χ0n) is 17.4. The second-order valence-corrected chi connectivity index (χ2v) is 7.20. The van der Waals surface area contributed by atoms with Crippen LogP contribution in [0, 0.1) is 5.41 Å². The van der Waals surface area contributed by atoms with Gasteiger partial charge in [0.2, 0.25) is 0 Å². The van der Waals surface area contributed by atoms with E-state index in [0.29, 0.717) is 38.5 Å². The van der Waals surface area contributed by atoms with Crippen LogP contribution < -0.4 is 0 Å². The first kappa shape index (κ1) is 27.3. The molecule has 0 radical (unpaired) electrons. The molecule has 0 aromatic rings. The maximum absolute atomic E-state index is 11.6. The lowest BCUT2D eigenvalue weighted by Gasteiger charge is -2.29. The first-order valence-corrected chi connectivity index (χ1v) is 10.2. The van der Waals surface area contributed by atoms with Crippen molar-refractivity contribution in [3.8, 4) is 0 Å². The molecule has 9 nitrogen and oxygen atoms in total. The van der Waals surface area contributed by atoms with Crippen molar-refractivity contribution < 1.29 is 43.9 Å². The highest BCUT2D eigenvalue weighted by atomic mass is 16.5. The Morgan fingerprint density at radius 2 is 0.897 bits per heavy atom. The van der Waals surface area contributed by atoms with Gasteiger partial charge in [-0.3, -0.25) is 14.4 Å². The first-order chi connectivity index (χ1) is 13.9. The topological polar surface area (TPSA) is 140 Å². The molecule has 0 aliphatic heterocycles. The van der Waals surface area contributed by atoms with E-state index in [4.69, 9.17) is 29.5 Å². The summed E-state index contributed by atoms with van der Waals surface area (Å²) in [7, 11) is 0. The van der Waals surface area contributed by atoms with Gasteiger partial charge >= 0.3 is 17.9 Å². The van der Waals surface area contributed by atoms with Crippen LogP contribution in [0.15, 0.2) is 0 Å². The number of rotatable bonds is 18. The monoisotopic (exact) mass is 420 g/mol. The molecular weight excluding hydrogens is 384 g/mol. The lowest BCUT2D eigenvalue weighted by atomic mass is 9.81. The summed E-state index contributed by atoms with van der Waals surface area (Å²) < 4.78 is 15.5. The second-order valence-electron chi connectivity index (χ2n) is 7.20. The van der Waals surface area contributed by atoms with Gasteiger partial charge in [0, 0.05) is 39.1 Å². The van der Waals surface area contributed by atoms with Crippen molar-refractivity contribution in [2.45, 2.75) is 64.7 Å². The number of carbonyl (C=O) groups excluding carboxylic acids is 3. The van der Waals surface area contributed by atoms with E-state index in [2.05, 4.69) is 0 Å². The lowest BCUT2D eigenvalue weighted by Crippen LogP contribution is -2.25. The molecule has 0 unspecified atom stereocenters. The third-order valence-electron chi connectivity index (χ3n) is 4.52. The molecule has 0 aliphatic carbocycles. The van der Waals surface area contributed by atoms with Gasteiger partial charge in [-0.05, 0) is 43.9 Å². The number of carbonyl (C=O) groups is 3. The van der Waals surface area contributed by atoms with Crippen LogP contribution in [0.1, 0.15) is 64.7 Å².